The van der Waals surface area contributed by atoms with Crippen LogP contribution >= 0.6 is 0 Å². The Hall–Kier alpha value is -2.79. The van der Waals surface area contributed by atoms with E-state index in [4.69, 9.17) is 9.47 Å². The van der Waals surface area contributed by atoms with Gasteiger partial charge in [-0.2, -0.15) is 0 Å². The average Bonchev–Trinajstić information content (AvgIpc) is 3.04. The van der Waals surface area contributed by atoms with Gasteiger partial charge < -0.3 is 18.9 Å². The molecule has 0 aliphatic heterocycles. The van der Waals surface area contributed by atoms with Crippen LogP contribution in [0, 0.1) is 0 Å². The number of ether oxygens (including phenoxy) is 2. The van der Waals surface area contributed by atoms with Gasteiger partial charge in [-0.3, -0.25) is 0 Å². The van der Waals surface area contributed by atoms with Crippen molar-refractivity contribution in [3.8, 4) is 11.5 Å². The molecule has 148 valence electrons. The van der Waals surface area contributed by atoms with Crippen LogP contribution < -0.4 is 9.47 Å². The second kappa shape index (κ2) is 8.07. The van der Waals surface area contributed by atoms with Crippen molar-refractivity contribution < 1.29 is 18.8 Å². The summed E-state index contributed by atoms with van der Waals surface area (Å²) in [5.41, 5.74) is 2.63. The number of carbonyl (C=O) groups excluding carboxylic acids is 1. The highest BCUT2D eigenvalue weighted by atomic mass is 16.5. The number of fused-ring (bicyclic) bond motifs is 1. The Balaban J connectivity index is 1.81. The van der Waals surface area contributed by atoms with E-state index in [1.807, 2.05) is 38.2 Å². The third-order valence-electron chi connectivity index (χ3n) is 4.47. The molecule has 5 heteroatoms. The third kappa shape index (κ3) is 4.93. The molecule has 3 rings (SSSR count). The summed E-state index contributed by atoms with van der Waals surface area (Å²) in [6.45, 7) is 4.93. The molecule has 1 N–H and O–H groups in total. The minimum Gasteiger partial charge on any atom is -0.491 e. The maximum atomic E-state index is 12.7. The molecule has 28 heavy (non-hydrogen) atoms. The van der Waals surface area contributed by atoms with Gasteiger partial charge in [-0.25, -0.2) is 4.79 Å². The van der Waals surface area contributed by atoms with E-state index in [0.29, 0.717) is 11.3 Å². The third-order valence-corrected chi connectivity index (χ3v) is 4.47. The highest BCUT2D eigenvalue weighted by molar-refractivity contribution is 5.96. The van der Waals surface area contributed by atoms with Gasteiger partial charge in [0.05, 0.1) is 39.4 Å². The van der Waals surface area contributed by atoms with Crippen LogP contribution in [0.5, 0.6) is 11.5 Å². The minimum atomic E-state index is -0.373. The monoisotopic (exact) mass is 381 g/mol. The van der Waals surface area contributed by atoms with Crippen LogP contribution in [0.1, 0.15) is 29.8 Å². The normalized spacial score (nSPS) is 11.8. The largest absolute Gasteiger partial charge is 0.491 e. The molecule has 0 saturated carbocycles. The van der Waals surface area contributed by atoms with Gasteiger partial charge in [0.1, 0.15) is 11.5 Å². The van der Waals surface area contributed by atoms with E-state index >= 15 is 0 Å². The molecule has 0 aliphatic rings. The molecule has 0 atom stereocenters. The molecule has 1 heterocycles. The second-order valence-corrected chi connectivity index (χ2v) is 8.34. The first-order valence-electron chi connectivity index (χ1n) is 9.61. The van der Waals surface area contributed by atoms with E-state index in [1.165, 1.54) is 0 Å². The van der Waals surface area contributed by atoms with Crippen molar-refractivity contribution in [3.05, 3.63) is 59.8 Å². The number of esters is 1. The zero-order valence-electron chi connectivity index (χ0n) is 17.3. The van der Waals surface area contributed by atoms with E-state index in [1.54, 1.807) is 24.3 Å². The first kappa shape index (κ1) is 20.0. The van der Waals surface area contributed by atoms with Gasteiger partial charge in [-0.1, -0.05) is 6.07 Å². The molecule has 0 unspecified atom stereocenters. The molecule has 0 saturated heterocycles. The summed E-state index contributed by atoms with van der Waals surface area (Å²) in [5.74, 6) is 0.951. The van der Waals surface area contributed by atoms with Crippen molar-refractivity contribution in [2.75, 3.05) is 27.7 Å². The van der Waals surface area contributed by atoms with E-state index in [-0.39, 0.29) is 12.1 Å². The van der Waals surface area contributed by atoms with Crippen molar-refractivity contribution in [2.45, 2.75) is 26.4 Å². The van der Waals surface area contributed by atoms with Crippen LogP contribution in [0.3, 0.4) is 0 Å². The van der Waals surface area contributed by atoms with Gasteiger partial charge in [-0.05, 0) is 55.8 Å². The Kier molecular flexibility index (Phi) is 5.75. The van der Waals surface area contributed by atoms with Gasteiger partial charge in [0, 0.05) is 23.5 Å². The van der Waals surface area contributed by atoms with Crippen LogP contribution in [-0.2, 0) is 6.42 Å². The molecule has 0 fully saturated rings. The first-order valence-corrected chi connectivity index (χ1v) is 9.61. The van der Waals surface area contributed by atoms with Crippen LogP contribution in [0.25, 0.3) is 10.9 Å². The summed E-state index contributed by atoms with van der Waals surface area (Å²) < 4.78 is 12.3. The zero-order valence-corrected chi connectivity index (χ0v) is 17.3. The van der Waals surface area contributed by atoms with Crippen LogP contribution in [0.15, 0.2) is 48.7 Å². The number of aromatic amines is 1. The number of nitrogens with zero attached hydrogens (tertiary/aromatic N) is 1. The summed E-state index contributed by atoms with van der Waals surface area (Å²) in [4.78, 5) is 16.0. The van der Waals surface area contributed by atoms with Crippen LogP contribution in [0.2, 0.25) is 0 Å². The molecule has 5 nitrogen and oxygen atoms in total. The SMILES string of the molecule is CC(C)Oc1ccc(C(=O)Oc2cccc3[nH]cc(CC[N+](C)(C)C)c23)cc1. The second-order valence-electron chi connectivity index (χ2n) is 8.34. The van der Waals surface area contributed by atoms with Crippen molar-refractivity contribution in [2.24, 2.45) is 0 Å². The molecule has 1 aromatic heterocycles. The van der Waals surface area contributed by atoms with Gasteiger partial charge in [0.15, 0.2) is 0 Å². The molecule has 2 aromatic carbocycles. The summed E-state index contributed by atoms with van der Waals surface area (Å²) in [6, 6.07) is 12.8. The fraction of sp³-hybridized carbons (Fsp3) is 0.348. The number of hydrogen-bond donors (Lipinski definition) is 1. The Bertz CT molecular complexity index is 950. The molecular weight excluding hydrogens is 352 g/mol. The van der Waals surface area contributed by atoms with Crippen molar-refractivity contribution in [1.29, 1.82) is 0 Å². The van der Waals surface area contributed by atoms with Crippen LogP contribution in [-0.4, -0.2) is 49.2 Å². The first-order chi connectivity index (χ1) is 13.2. The highest BCUT2D eigenvalue weighted by Crippen LogP contribution is 2.30. The lowest BCUT2D eigenvalue weighted by molar-refractivity contribution is -0.870. The number of benzene rings is 2. The number of quaternary nitrogens is 1. The number of aromatic nitrogens is 1. The average molecular weight is 381 g/mol. The fourth-order valence-electron chi connectivity index (χ4n) is 3.06. The quantitative estimate of drug-likeness (QED) is 0.374. The summed E-state index contributed by atoms with van der Waals surface area (Å²) >= 11 is 0. The molecule has 0 amide bonds. The summed E-state index contributed by atoms with van der Waals surface area (Å²) in [7, 11) is 6.51. The van der Waals surface area contributed by atoms with Crippen molar-refractivity contribution >= 4 is 16.9 Å². The highest BCUT2D eigenvalue weighted by Gasteiger charge is 2.16. The fourth-order valence-corrected chi connectivity index (χ4v) is 3.06. The molecular formula is C23H29N2O3+. The maximum absolute atomic E-state index is 12.7. The lowest BCUT2D eigenvalue weighted by Crippen LogP contribution is -2.36. The molecule has 0 aliphatic carbocycles. The summed E-state index contributed by atoms with van der Waals surface area (Å²) in [6.07, 6.45) is 3.00. The number of likely N-dealkylation sites (N-methyl/N-ethyl adjacent to an activating group) is 1. The predicted molar refractivity (Wildman–Crippen MR) is 112 cm³/mol. The van der Waals surface area contributed by atoms with Crippen molar-refractivity contribution in [1.82, 2.24) is 4.98 Å². The van der Waals surface area contributed by atoms with Gasteiger partial charge >= 0.3 is 5.97 Å². The topological polar surface area (TPSA) is 51.3 Å². The lowest BCUT2D eigenvalue weighted by Gasteiger charge is -2.23. The number of rotatable bonds is 7. The number of nitrogens with one attached hydrogen (secondary N) is 1. The lowest BCUT2D eigenvalue weighted by atomic mass is 10.1. The predicted octanol–water partition coefficient (Wildman–Crippen LogP) is 4.42. The van der Waals surface area contributed by atoms with Crippen LogP contribution in [0.4, 0.5) is 0 Å². The van der Waals surface area contributed by atoms with E-state index in [2.05, 4.69) is 26.1 Å². The molecule has 0 bridgehead atoms. The van der Waals surface area contributed by atoms with Gasteiger partial charge in [-0.15, -0.1) is 0 Å². The summed E-state index contributed by atoms with van der Waals surface area (Å²) in [5, 5.41) is 0.976. The van der Waals surface area contributed by atoms with Gasteiger partial charge in [0.2, 0.25) is 0 Å². The van der Waals surface area contributed by atoms with E-state index in [0.717, 1.165) is 39.7 Å². The standard InChI is InChI=1S/C23H29N2O3/c1-16(2)27-19-11-9-17(10-12-19)23(26)28-21-8-6-7-20-22(21)18(15-24-20)13-14-25(3,4)5/h6-12,15-16,24H,13-14H2,1-5H3/q+1. The van der Waals surface area contributed by atoms with Crippen molar-refractivity contribution in [3.63, 3.8) is 0 Å². The Labute approximate surface area is 166 Å². The number of hydrogen-bond acceptors (Lipinski definition) is 3. The van der Waals surface area contributed by atoms with Gasteiger partial charge in [0.25, 0.3) is 0 Å². The Morgan fingerprint density at radius 2 is 1.79 bits per heavy atom. The molecule has 0 radical (unpaired) electrons. The zero-order chi connectivity index (χ0) is 20.3. The molecule has 0 spiro atoms. The Morgan fingerprint density at radius 1 is 1.07 bits per heavy atom. The van der Waals surface area contributed by atoms with E-state index in [9.17, 15) is 4.79 Å². The maximum Gasteiger partial charge on any atom is 0.343 e. The smallest absolute Gasteiger partial charge is 0.343 e. The Morgan fingerprint density at radius 3 is 2.43 bits per heavy atom. The van der Waals surface area contributed by atoms with E-state index < -0.39 is 0 Å². The number of H-pyrrole nitrogens is 1. The minimum absolute atomic E-state index is 0.0918. The molecule has 3 aromatic rings. The number of carbonyl (C=O) groups is 1.